The molecule has 3 heteroatoms. The zero-order valence-corrected chi connectivity index (χ0v) is 12.6. The zero-order valence-electron chi connectivity index (χ0n) is 12.6. The van der Waals surface area contributed by atoms with Crippen molar-refractivity contribution < 1.29 is 4.79 Å². The predicted octanol–water partition coefficient (Wildman–Crippen LogP) is 3.83. The fraction of sp³-hybridized carbons (Fsp3) is 0.938. The van der Waals surface area contributed by atoms with Gasteiger partial charge in [0.1, 0.15) is 0 Å². The van der Waals surface area contributed by atoms with Crippen LogP contribution in [0.25, 0.3) is 0 Å². The van der Waals surface area contributed by atoms with Crippen LogP contribution in [0.1, 0.15) is 71.6 Å². The molecule has 2 N–H and O–H groups in total. The lowest BCUT2D eigenvalue weighted by Gasteiger charge is -2.33. The van der Waals surface area contributed by atoms with E-state index in [1.165, 1.54) is 38.5 Å². The van der Waals surface area contributed by atoms with E-state index in [0.29, 0.717) is 18.0 Å². The molecular weight excluding hydrogens is 236 g/mol. The lowest BCUT2D eigenvalue weighted by atomic mass is 9.83. The van der Waals surface area contributed by atoms with Crippen LogP contribution in [0.15, 0.2) is 0 Å². The number of hydrogen-bond donors (Lipinski definition) is 2. The van der Waals surface area contributed by atoms with E-state index < -0.39 is 0 Å². The Morgan fingerprint density at radius 1 is 1.05 bits per heavy atom. The van der Waals surface area contributed by atoms with Gasteiger partial charge in [0.05, 0.1) is 0 Å². The van der Waals surface area contributed by atoms with Gasteiger partial charge in [0, 0.05) is 12.1 Å². The second kappa shape index (κ2) is 7.16. The molecule has 0 spiro atoms. The summed E-state index contributed by atoms with van der Waals surface area (Å²) in [5, 5.41) is 6.42. The van der Waals surface area contributed by atoms with E-state index in [4.69, 9.17) is 0 Å². The molecule has 2 rings (SSSR count). The number of carbonyl (C=O) groups excluding carboxylic acids is 1. The van der Waals surface area contributed by atoms with Crippen LogP contribution in [0.5, 0.6) is 0 Å². The van der Waals surface area contributed by atoms with Gasteiger partial charge < -0.3 is 10.6 Å². The minimum atomic E-state index is 0.0736. The molecule has 2 saturated carbocycles. The van der Waals surface area contributed by atoms with Gasteiger partial charge in [0.15, 0.2) is 0 Å². The first-order valence-electron chi connectivity index (χ1n) is 8.26. The Hall–Kier alpha value is -0.730. The van der Waals surface area contributed by atoms with Crippen molar-refractivity contribution in [2.75, 3.05) is 0 Å². The van der Waals surface area contributed by atoms with E-state index in [1.807, 2.05) is 0 Å². The molecule has 4 atom stereocenters. The van der Waals surface area contributed by atoms with Crippen LogP contribution in [-0.4, -0.2) is 18.1 Å². The highest BCUT2D eigenvalue weighted by Gasteiger charge is 2.26. The van der Waals surface area contributed by atoms with Gasteiger partial charge in [0.2, 0.25) is 0 Å². The number of amides is 2. The molecule has 0 aromatic heterocycles. The van der Waals surface area contributed by atoms with Gasteiger partial charge in [-0.15, -0.1) is 0 Å². The second-order valence-electron chi connectivity index (χ2n) is 6.65. The molecule has 0 radical (unpaired) electrons. The summed E-state index contributed by atoms with van der Waals surface area (Å²) in [5.41, 5.74) is 0. The summed E-state index contributed by atoms with van der Waals surface area (Å²) >= 11 is 0. The third kappa shape index (κ3) is 4.39. The predicted molar refractivity (Wildman–Crippen MR) is 79.1 cm³/mol. The van der Waals surface area contributed by atoms with Crippen LogP contribution in [0.3, 0.4) is 0 Å². The number of urea groups is 1. The molecule has 0 heterocycles. The average Bonchev–Trinajstić information content (AvgIpc) is 2.39. The lowest BCUT2D eigenvalue weighted by molar-refractivity contribution is 0.206. The molecule has 110 valence electrons. The SMILES string of the molecule is CCC1CCCCC1NC(=O)NC1CCCC(C)C1. The van der Waals surface area contributed by atoms with Gasteiger partial charge in [0.25, 0.3) is 0 Å². The lowest BCUT2D eigenvalue weighted by Crippen LogP contribution is -2.50. The molecule has 0 aromatic carbocycles. The molecule has 2 aliphatic carbocycles. The van der Waals surface area contributed by atoms with Gasteiger partial charge in [-0.1, -0.05) is 46.0 Å². The van der Waals surface area contributed by atoms with Crippen molar-refractivity contribution >= 4 is 6.03 Å². The quantitative estimate of drug-likeness (QED) is 0.801. The Kier molecular flexibility index (Phi) is 5.53. The molecule has 2 fully saturated rings. The Morgan fingerprint density at radius 3 is 2.58 bits per heavy atom. The van der Waals surface area contributed by atoms with Crippen LogP contribution in [-0.2, 0) is 0 Å². The fourth-order valence-electron chi connectivity index (χ4n) is 3.85. The van der Waals surface area contributed by atoms with Crippen LogP contribution in [0.4, 0.5) is 4.79 Å². The van der Waals surface area contributed by atoms with E-state index in [2.05, 4.69) is 24.5 Å². The number of carbonyl (C=O) groups is 1. The van der Waals surface area contributed by atoms with E-state index in [0.717, 1.165) is 25.2 Å². The van der Waals surface area contributed by atoms with Crippen molar-refractivity contribution in [2.45, 2.75) is 83.7 Å². The molecule has 0 aliphatic heterocycles. The van der Waals surface area contributed by atoms with Crippen molar-refractivity contribution in [1.82, 2.24) is 10.6 Å². The Morgan fingerprint density at radius 2 is 1.84 bits per heavy atom. The van der Waals surface area contributed by atoms with Crippen LogP contribution in [0.2, 0.25) is 0 Å². The van der Waals surface area contributed by atoms with Crippen LogP contribution < -0.4 is 10.6 Å². The summed E-state index contributed by atoms with van der Waals surface area (Å²) < 4.78 is 0. The topological polar surface area (TPSA) is 41.1 Å². The van der Waals surface area contributed by atoms with Gasteiger partial charge in [-0.25, -0.2) is 4.79 Å². The normalized spacial score (nSPS) is 35.7. The van der Waals surface area contributed by atoms with Gasteiger partial charge in [-0.3, -0.25) is 0 Å². The molecular formula is C16H30N2O. The molecule has 2 aliphatic rings. The molecule has 0 saturated heterocycles. The monoisotopic (exact) mass is 266 g/mol. The summed E-state index contributed by atoms with van der Waals surface area (Å²) in [4.78, 5) is 12.1. The van der Waals surface area contributed by atoms with E-state index in [9.17, 15) is 4.79 Å². The van der Waals surface area contributed by atoms with E-state index in [1.54, 1.807) is 0 Å². The standard InChI is InChI=1S/C16H30N2O/c1-3-13-8-4-5-10-15(13)18-16(19)17-14-9-6-7-12(2)11-14/h12-15H,3-11H2,1-2H3,(H2,17,18,19). The van der Waals surface area contributed by atoms with Crippen molar-refractivity contribution in [3.05, 3.63) is 0 Å². The maximum Gasteiger partial charge on any atom is 0.315 e. The molecule has 3 nitrogen and oxygen atoms in total. The maximum absolute atomic E-state index is 12.1. The summed E-state index contributed by atoms with van der Waals surface area (Å²) in [6.45, 7) is 4.53. The minimum absolute atomic E-state index is 0.0736. The van der Waals surface area contributed by atoms with Crippen molar-refractivity contribution in [2.24, 2.45) is 11.8 Å². The first-order valence-corrected chi connectivity index (χ1v) is 8.26. The zero-order chi connectivity index (χ0) is 13.7. The molecule has 0 aromatic rings. The number of nitrogens with one attached hydrogen (secondary N) is 2. The molecule has 0 bridgehead atoms. The van der Waals surface area contributed by atoms with Gasteiger partial charge >= 0.3 is 6.03 Å². The number of rotatable bonds is 3. The first-order chi connectivity index (χ1) is 9.19. The third-order valence-corrected chi connectivity index (χ3v) is 5.02. The molecule has 19 heavy (non-hydrogen) atoms. The number of hydrogen-bond acceptors (Lipinski definition) is 1. The van der Waals surface area contributed by atoms with Crippen molar-refractivity contribution in [3.8, 4) is 0 Å². The highest BCUT2D eigenvalue weighted by molar-refractivity contribution is 5.74. The highest BCUT2D eigenvalue weighted by atomic mass is 16.2. The van der Waals surface area contributed by atoms with Gasteiger partial charge in [-0.05, 0) is 37.5 Å². The van der Waals surface area contributed by atoms with Crippen LogP contribution in [0, 0.1) is 11.8 Å². The molecule has 4 unspecified atom stereocenters. The van der Waals surface area contributed by atoms with Gasteiger partial charge in [-0.2, -0.15) is 0 Å². The first kappa shape index (κ1) is 14.7. The van der Waals surface area contributed by atoms with Crippen molar-refractivity contribution in [3.63, 3.8) is 0 Å². The Balaban J connectivity index is 1.76. The summed E-state index contributed by atoms with van der Waals surface area (Å²) in [6, 6.07) is 0.872. The Bertz CT molecular complexity index is 292. The third-order valence-electron chi connectivity index (χ3n) is 5.02. The average molecular weight is 266 g/mol. The highest BCUT2D eigenvalue weighted by Crippen LogP contribution is 2.27. The van der Waals surface area contributed by atoms with Crippen molar-refractivity contribution in [1.29, 1.82) is 0 Å². The Labute approximate surface area is 117 Å². The smallest absolute Gasteiger partial charge is 0.315 e. The molecule has 2 amide bonds. The summed E-state index contributed by atoms with van der Waals surface area (Å²) in [6.07, 6.45) is 11.1. The summed E-state index contributed by atoms with van der Waals surface area (Å²) in [5.74, 6) is 1.45. The summed E-state index contributed by atoms with van der Waals surface area (Å²) in [7, 11) is 0. The van der Waals surface area contributed by atoms with E-state index >= 15 is 0 Å². The maximum atomic E-state index is 12.1. The van der Waals surface area contributed by atoms with E-state index in [-0.39, 0.29) is 6.03 Å². The minimum Gasteiger partial charge on any atom is -0.335 e. The second-order valence-corrected chi connectivity index (χ2v) is 6.65. The largest absolute Gasteiger partial charge is 0.335 e. The van der Waals surface area contributed by atoms with Crippen LogP contribution >= 0.6 is 0 Å². The fourth-order valence-corrected chi connectivity index (χ4v) is 3.85.